The first-order valence-electron chi connectivity index (χ1n) is 5.49. The Balaban J connectivity index is 2.31. The second-order valence-corrected chi connectivity index (χ2v) is 4.56. The summed E-state index contributed by atoms with van der Waals surface area (Å²) in [5.41, 5.74) is 4.27. The van der Waals surface area contributed by atoms with E-state index in [1.165, 1.54) is 29.7 Å². The minimum Gasteiger partial charge on any atom is -0.310 e. The molecule has 0 radical (unpaired) electrons. The van der Waals surface area contributed by atoms with Gasteiger partial charge in [-0.2, -0.15) is 0 Å². The number of rotatable bonds is 1. The molecule has 1 heteroatoms. The highest BCUT2D eigenvalue weighted by Gasteiger charge is 2.24. The number of nitrogens with one attached hydrogen (secondary N) is 1. The van der Waals surface area contributed by atoms with Gasteiger partial charge < -0.3 is 5.32 Å². The van der Waals surface area contributed by atoms with Crippen molar-refractivity contribution in [2.45, 2.75) is 33.2 Å². The summed E-state index contributed by atoms with van der Waals surface area (Å²) in [6.07, 6.45) is 1.30. The molecule has 0 bridgehead atoms. The smallest absolute Gasteiger partial charge is 0.0349 e. The van der Waals surface area contributed by atoms with Gasteiger partial charge in [0.1, 0.15) is 0 Å². The molecule has 0 aromatic heterocycles. The van der Waals surface area contributed by atoms with Crippen LogP contribution in [0.1, 0.15) is 36.1 Å². The Morgan fingerprint density at radius 3 is 2.64 bits per heavy atom. The van der Waals surface area contributed by atoms with E-state index in [0.29, 0.717) is 6.04 Å². The van der Waals surface area contributed by atoms with Gasteiger partial charge in [-0.15, -0.1) is 0 Å². The molecular weight excluding hydrogens is 170 g/mol. The van der Waals surface area contributed by atoms with Gasteiger partial charge in [0.25, 0.3) is 0 Å². The Hall–Kier alpha value is -0.820. The molecule has 1 aromatic carbocycles. The number of benzene rings is 1. The molecule has 1 N–H and O–H groups in total. The molecule has 2 rings (SSSR count). The minimum absolute atomic E-state index is 0.579. The quantitative estimate of drug-likeness (QED) is 0.716. The molecular formula is C13H19N. The Kier molecular flexibility index (Phi) is 2.60. The largest absolute Gasteiger partial charge is 0.310 e. The van der Waals surface area contributed by atoms with Crippen molar-refractivity contribution in [1.29, 1.82) is 0 Å². The van der Waals surface area contributed by atoms with E-state index in [9.17, 15) is 0 Å². The fraction of sp³-hybridized carbons (Fsp3) is 0.538. The second-order valence-electron chi connectivity index (χ2n) is 4.56. The van der Waals surface area contributed by atoms with E-state index < -0.39 is 0 Å². The van der Waals surface area contributed by atoms with Crippen LogP contribution in [0, 0.1) is 19.8 Å². The van der Waals surface area contributed by atoms with Gasteiger partial charge in [-0.3, -0.25) is 0 Å². The van der Waals surface area contributed by atoms with Gasteiger partial charge in [0.05, 0.1) is 0 Å². The van der Waals surface area contributed by atoms with Crippen LogP contribution in [0.15, 0.2) is 18.2 Å². The van der Waals surface area contributed by atoms with E-state index >= 15 is 0 Å². The van der Waals surface area contributed by atoms with Crippen molar-refractivity contribution in [1.82, 2.24) is 5.32 Å². The summed E-state index contributed by atoms with van der Waals surface area (Å²) in [6.45, 7) is 7.88. The topological polar surface area (TPSA) is 12.0 Å². The molecule has 1 saturated heterocycles. The van der Waals surface area contributed by atoms with Crippen LogP contribution in [0.5, 0.6) is 0 Å². The van der Waals surface area contributed by atoms with E-state index in [2.05, 4.69) is 44.3 Å². The third-order valence-electron chi connectivity index (χ3n) is 3.29. The van der Waals surface area contributed by atoms with E-state index in [1.54, 1.807) is 0 Å². The van der Waals surface area contributed by atoms with Crippen LogP contribution >= 0.6 is 0 Å². The molecule has 76 valence electrons. The van der Waals surface area contributed by atoms with E-state index in [4.69, 9.17) is 0 Å². The SMILES string of the molecule is Cc1ccc(C2NCCC2C)c(C)c1. The average Bonchev–Trinajstić information content (AvgIpc) is 2.52. The van der Waals surface area contributed by atoms with Crippen molar-refractivity contribution < 1.29 is 0 Å². The summed E-state index contributed by atoms with van der Waals surface area (Å²) < 4.78 is 0. The van der Waals surface area contributed by atoms with E-state index in [1.807, 2.05) is 0 Å². The lowest BCUT2D eigenvalue weighted by atomic mass is 9.92. The van der Waals surface area contributed by atoms with Crippen molar-refractivity contribution >= 4 is 0 Å². The maximum absolute atomic E-state index is 3.58. The highest BCUT2D eigenvalue weighted by atomic mass is 14.9. The molecule has 2 unspecified atom stereocenters. The Morgan fingerprint density at radius 2 is 2.07 bits per heavy atom. The molecule has 0 amide bonds. The van der Waals surface area contributed by atoms with Crippen molar-refractivity contribution in [2.24, 2.45) is 5.92 Å². The van der Waals surface area contributed by atoms with E-state index in [0.717, 1.165) is 5.92 Å². The molecule has 1 fully saturated rings. The second kappa shape index (κ2) is 3.74. The van der Waals surface area contributed by atoms with Gasteiger partial charge in [0.15, 0.2) is 0 Å². The number of hydrogen-bond donors (Lipinski definition) is 1. The molecule has 0 aliphatic carbocycles. The molecule has 0 spiro atoms. The lowest BCUT2D eigenvalue weighted by molar-refractivity contribution is 0.501. The predicted octanol–water partition coefficient (Wildman–Crippen LogP) is 2.97. The zero-order chi connectivity index (χ0) is 10.1. The third-order valence-corrected chi connectivity index (χ3v) is 3.29. The first-order valence-corrected chi connectivity index (χ1v) is 5.49. The van der Waals surface area contributed by atoms with Crippen molar-refractivity contribution in [3.8, 4) is 0 Å². The minimum atomic E-state index is 0.579. The van der Waals surface area contributed by atoms with Crippen LogP contribution in [0.3, 0.4) is 0 Å². The summed E-state index contributed by atoms with van der Waals surface area (Å²) >= 11 is 0. The van der Waals surface area contributed by atoms with Crippen LogP contribution in [-0.2, 0) is 0 Å². The maximum atomic E-state index is 3.58. The van der Waals surface area contributed by atoms with E-state index in [-0.39, 0.29) is 0 Å². The maximum Gasteiger partial charge on any atom is 0.0349 e. The van der Waals surface area contributed by atoms with Crippen LogP contribution in [0.2, 0.25) is 0 Å². The summed E-state index contributed by atoms with van der Waals surface area (Å²) in [5.74, 6) is 0.774. The Morgan fingerprint density at radius 1 is 1.29 bits per heavy atom. The van der Waals surface area contributed by atoms with Crippen molar-refractivity contribution in [3.63, 3.8) is 0 Å². The standard InChI is InChI=1S/C13H19N/c1-9-4-5-12(11(3)8-9)13-10(2)6-7-14-13/h4-5,8,10,13-14H,6-7H2,1-3H3. The molecule has 0 saturated carbocycles. The summed E-state index contributed by atoms with van der Waals surface area (Å²) in [4.78, 5) is 0. The average molecular weight is 189 g/mol. The first kappa shape index (κ1) is 9.72. The fourth-order valence-electron chi connectivity index (χ4n) is 2.43. The number of aryl methyl sites for hydroxylation is 2. The normalized spacial score (nSPS) is 26.8. The summed E-state index contributed by atoms with van der Waals surface area (Å²) in [5, 5.41) is 3.58. The lowest BCUT2D eigenvalue weighted by Gasteiger charge is -2.18. The van der Waals surface area contributed by atoms with Gasteiger partial charge >= 0.3 is 0 Å². The Bertz CT molecular complexity index is 330. The monoisotopic (exact) mass is 189 g/mol. The van der Waals surface area contributed by atoms with Crippen LogP contribution < -0.4 is 5.32 Å². The third kappa shape index (κ3) is 1.69. The van der Waals surface area contributed by atoms with Gasteiger partial charge in [0.2, 0.25) is 0 Å². The molecule has 1 aliphatic heterocycles. The molecule has 1 heterocycles. The molecule has 1 aromatic rings. The molecule has 2 atom stereocenters. The highest BCUT2D eigenvalue weighted by Crippen LogP contribution is 2.31. The highest BCUT2D eigenvalue weighted by molar-refractivity contribution is 5.33. The van der Waals surface area contributed by atoms with Crippen molar-refractivity contribution in [2.75, 3.05) is 6.54 Å². The summed E-state index contributed by atoms with van der Waals surface area (Å²) in [6, 6.07) is 7.36. The van der Waals surface area contributed by atoms with Gasteiger partial charge in [-0.05, 0) is 43.9 Å². The molecule has 1 nitrogen and oxygen atoms in total. The molecule has 14 heavy (non-hydrogen) atoms. The summed E-state index contributed by atoms with van der Waals surface area (Å²) in [7, 11) is 0. The van der Waals surface area contributed by atoms with Gasteiger partial charge in [-0.1, -0.05) is 30.7 Å². The number of hydrogen-bond acceptors (Lipinski definition) is 1. The molecule has 1 aliphatic rings. The first-order chi connectivity index (χ1) is 6.68. The van der Waals surface area contributed by atoms with Crippen LogP contribution in [-0.4, -0.2) is 6.54 Å². The zero-order valence-electron chi connectivity index (χ0n) is 9.30. The van der Waals surface area contributed by atoms with Crippen LogP contribution in [0.25, 0.3) is 0 Å². The van der Waals surface area contributed by atoms with Gasteiger partial charge in [0, 0.05) is 6.04 Å². The predicted molar refractivity (Wildman–Crippen MR) is 60.4 cm³/mol. The lowest BCUT2D eigenvalue weighted by Crippen LogP contribution is -2.17. The van der Waals surface area contributed by atoms with Crippen molar-refractivity contribution in [3.05, 3.63) is 34.9 Å². The van der Waals surface area contributed by atoms with Gasteiger partial charge in [-0.25, -0.2) is 0 Å². The Labute approximate surface area is 86.5 Å². The van der Waals surface area contributed by atoms with Crippen LogP contribution in [0.4, 0.5) is 0 Å². The fourth-order valence-corrected chi connectivity index (χ4v) is 2.43. The zero-order valence-corrected chi connectivity index (χ0v) is 9.30.